The van der Waals surface area contributed by atoms with Crippen LogP contribution in [0.2, 0.25) is 5.02 Å². The first-order valence-electron chi connectivity index (χ1n) is 5.64. The van der Waals surface area contributed by atoms with Crippen LogP contribution in [0, 0.1) is 11.3 Å². The first-order chi connectivity index (χ1) is 9.79. The molecule has 2 aromatic carbocycles. The summed E-state index contributed by atoms with van der Waals surface area (Å²) in [6, 6.07) is 9.91. The Hall–Kier alpha value is -1.71. The minimum absolute atomic E-state index is 0.0166. The van der Waals surface area contributed by atoms with Gasteiger partial charge in [-0.3, -0.25) is 0 Å². The largest absolute Gasteiger partial charge is 0.416 e. The van der Waals surface area contributed by atoms with Crippen LogP contribution in [0.1, 0.15) is 11.1 Å². The molecule has 1 N–H and O–H groups in total. The number of nitriles is 1. The number of hydrogen-bond donors (Lipinski definition) is 1. The highest BCUT2D eigenvalue weighted by Crippen LogP contribution is 2.35. The van der Waals surface area contributed by atoms with Crippen LogP contribution in [-0.4, -0.2) is 0 Å². The van der Waals surface area contributed by atoms with E-state index in [2.05, 4.69) is 21.2 Å². The van der Waals surface area contributed by atoms with Crippen LogP contribution < -0.4 is 5.32 Å². The molecule has 0 spiro atoms. The third-order valence-corrected chi connectivity index (χ3v) is 3.48. The highest BCUT2D eigenvalue weighted by molar-refractivity contribution is 9.10. The van der Waals surface area contributed by atoms with E-state index in [-0.39, 0.29) is 10.7 Å². The topological polar surface area (TPSA) is 35.8 Å². The fourth-order valence-corrected chi connectivity index (χ4v) is 2.38. The summed E-state index contributed by atoms with van der Waals surface area (Å²) in [6.45, 7) is 0. The zero-order chi connectivity index (χ0) is 15.6. The molecule has 0 aliphatic heterocycles. The van der Waals surface area contributed by atoms with Gasteiger partial charge in [-0.05, 0) is 52.3 Å². The quantitative estimate of drug-likeness (QED) is 0.727. The molecule has 0 aliphatic rings. The Balaban J connectivity index is 2.36. The Morgan fingerprint density at radius 3 is 2.43 bits per heavy atom. The van der Waals surface area contributed by atoms with Gasteiger partial charge in [-0.1, -0.05) is 11.6 Å². The molecular formula is C14H7BrClF3N2. The molecule has 7 heteroatoms. The van der Waals surface area contributed by atoms with Gasteiger partial charge in [0.25, 0.3) is 0 Å². The number of nitrogens with zero attached hydrogens (tertiary/aromatic N) is 1. The Morgan fingerprint density at radius 1 is 1.14 bits per heavy atom. The summed E-state index contributed by atoms with van der Waals surface area (Å²) < 4.78 is 38.8. The van der Waals surface area contributed by atoms with E-state index in [0.717, 1.165) is 12.1 Å². The Labute approximate surface area is 132 Å². The van der Waals surface area contributed by atoms with Crippen molar-refractivity contribution in [2.75, 3.05) is 5.32 Å². The van der Waals surface area contributed by atoms with Gasteiger partial charge < -0.3 is 5.32 Å². The fourth-order valence-electron chi connectivity index (χ4n) is 1.67. The van der Waals surface area contributed by atoms with Crippen LogP contribution in [0.3, 0.4) is 0 Å². The zero-order valence-electron chi connectivity index (χ0n) is 10.3. The van der Waals surface area contributed by atoms with Gasteiger partial charge in [-0.15, -0.1) is 0 Å². The predicted molar refractivity (Wildman–Crippen MR) is 78.6 cm³/mol. The maximum atomic E-state index is 12.7. The number of benzene rings is 2. The minimum atomic E-state index is -4.47. The number of anilines is 2. The van der Waals surface area contributed by atoms with E-state index in [9.17, 15) is 13.2 Å². The second-order valence-electron chi connectivity index (χ2n) is 4.16. The maximum absolute atomic E-state index is 12.7. The van der Waals surface area contributed by atoms with Crippen molar-refractivity contribution in [3.63, 3.8) is 0 Å². The molecule has 21 heavy (non-hydrogen) atoms. The van der Waals surface area contributed by atoms with E-state index >= 15 is 0 Å². The van der Waals surface area contributed by atoms with Crippen molar-refractivity contribution in [2.24, 2.45) is 0 Å². The normalized spacial score (nSPS) is 11.0. The van der Waals surface area contributed by atoms with Gasteiger partial charge in [0.05, 0.1) is 22.9 Å². The summed E-state index contributed by atoms with van der Waals surface area (Å²) in [5.74, 6) is 0. The smallest absolute Gasteiger partial charge is 0.355 e. The van der Waals surface area contributed by atoms with Crippen molar-refractivity contribution < 1.29 is 13.2 Å². The number of halogens is 5. The summed E-state index contributed by atoms with van der Waals surface area (Å²) in [7, 11) is 0. The molecule has 2 nitrogen and oxygen atoms in total. The van der Waals surface area contributed by atoms with E-state index in [1.54, 1.807) is 18.2 Å². The second kappa shape index (κ2) is 5.96. The van der Waals surface area contributed by atoms with Crippen molar-refractivity contribution in [1.82, 2.24) is 0 Å². The SMILES string of the molecule is N#Cc1ccc(Nc2cc(Cl)cc(C(F)(F)F)c2)c(Br)c1. The monoisotopic (exact) mass is 374 g/mol. The van der Waals surface area contributed by atoms with Crippen molar-refractivity contribution >= 4 is 38.9 Å². The first-order valence-corrected chi connectivity index (χ1v) is 6.81. The van der Waals surface area contributed by atoms with Gasteiger partial charge in [0, 0.05) is 15.2 Å². The van der Waals surface area contributed by atoms with Gasteiger partial charge in [-0.25, -0.2) is 0 Å². The van der Waals surface area contributed by atoms with E-state index in [1.807, 2.05) is 6.07 Å². The molecule has 0 saturated carbocycles. The molecule has 0 bridgehead atoms. The standard InChI is InChI=1S/C14H7BrClF3N2/c15-12-3-8(7-20)1-2-13(12)21-11-5-9(14(17,18)19)4-10(16)6-11/h1-6,21H. The van der Waals surface area contributed by atoms with Crippen LogP contribution in [0.15, 0.2) is 40.9 Å². The Kier molecular flexibility index (Phi) is 4.45. The average Bonchev–Trinajstić information content (AvgIpc) is 2.39. The Morgan fingerprint density at radius 2 is 1.86 bits per heavy atom. The van der Waals surface area contributed by atoms with Gasteiger partial charge in [0.15, 0.2) is 0 Å². The molecule has 0 amide bonds. The molecule has 0 fully saturated rings. The average molecular weight is 376 g/mol. The van der Waals surface area contributed by atoms with Crippen LogP contribution in [0.4, 0.5) is 24.5 Å². The second-order valence-corrected chi connectivity index (χ2v) is 5.45. The molecule has 0 atom stereocenters. The summed E-state index contributed by atoms with van der Waals surface area (Å²) in [4.78, 5) is 0. The van der Waals surface area contributed by atoms with Gasteiger partial charge in [-0.2, -0.15) is 18.4 Å². The molecule has 2 aromatic rings. The van der Waals surface area contributed by atoms with Crippen LogP contribution >= 0.6 is 27.5 Å². The molecule has 2 rings (SSSR count). The van der Waals surface area contributed by atoms with Crippen LogP contribution in [0.5, 0.6) is 0 Å². The van der Waals surface area contributed by atoms with Crippen molar-refractivity contribution in [1.29, 1.82) is 5.26 Å². The lowest BCUT2D eigenvalue weighted by Crippen LogP contribution is -2.05. The number of alkyl halides is 3. The molecule has 0 heterocycles. The molecule has 108 valence electrons. The molecule has 0 unspecified atom stereocenters. The summed E-state index contributed by atoms with van der Waals surface area (Å²) in [6.07, 6.45) is -4.47. The summed E-state index contributed by atoms with van der Waals surface area (Å²) in [5.41, 5.74) is 0.349. The number of rotatable bonds is 2. The molecule has 0 saturated heterocycles. The Bertz CT molecular complexity index is 723. The van der Waals surface area contributed by atoms with Gasteiger partial charge in [0.1, 0.15) is 0 Å². The van der Waals surface area contributed by atoms with Crippen LogP contribution in [0.25, 0.3) is 0 Å². The summed E-state index contributed by atoms with van der Waals surface area (Å²) >= 11 is 8.97. The maximum Gasteiger partial charge on any atom is 0.416 e. The van der Waals surface area contributed by atoms with Crippen molar-refractivity contribution in [3.8, 4) is 6.07 Å². The van der Waals surface area contributed by atoms with E-state index in [0.29, 0.717) is 15.7 Å². The van der Waals surface area contributed by atoms with Gasteiger partial charge >= 0.3 is 6.18 Å². The zero-order valence-corrected chi connectivity index (χ0v) is 12.6. The summed E-state index contributed by atoms with van der Waals surface area (Å²) in [5, 5.41) is 11.6. The lowest BCUT2D eigenvalue weighted by atomic mass is 10.1. The molecule has 0 radical (unpaired) electrons. The highest BCUT2D eigenvalue weighted by Gasteiger charge is 2.31. The van der Waals surface area contributed by atoms with E-state index in [4.69, 9.17) is 16.9 Å². The molecule has 0 aromatic heterocycles. The number of hydrogen-bond acceptors (Lipinski definition) is 2. The minimum Gasteiger partial charge on any atom is -0.355 e. The fraction of sp³-hybridized carbons (Fsp3) is 0.0714. The van der Waals surface area contributed by atoms with E-state index < -0.39 is 11.7 Å². The predicted octanol–water partition coefficient (Wildman–Crippen LogP) is 5.74. The van der Waals surface area contributed by atoms with Crippen molar-refractivity contribution in [2.45, 2.75) is 6.18 Å². The molecular weight excluding hydrogens is 369 g/mol. The van der Waals surface area contributed by atoms with E-state index in [1.165, 1.54) is 6.07 Å². The lowest BCUT2D eigenvalue weighted by Gasteiger charge is -2.13. The van der Waals surface area contributed by atoms with Gasteiger partial charge in [0.2, 0.25) is 0 Å². The third kappa shape index (κ3) is 3.90. The van der Waals surface area contributed by atoms with Crippen molar-refractivity contribution in [3.05, 3.63) is 57.0 Å². The highest BCUT2D eigenvalue weighted by atomic mass is 79.9. The van der Waals surface area contributed by atoms with Crippen LogP contribution in [-0.2, 0) is 6.18 Å². The number of nitrogens with one attached hydrogen (secondary N) is 1. The first kappa shape index (κ1) is 15.7. The lowest BCUT2D eigenvalue weighted by molar-refractivity contribution is -0.137. The molecule has 0 aliphatic carbocycles. The third-order valence-electron chi connectivity index (χ3n) is 2.60.